The van der Waals surface area contributed by atoms with Gasteiger partial charge in [0.15, 0.2) is 0 Å². The van der Waals surface area contributed by atoms with Crippen LogP contribution >= 0.6 is 0 Å². The second kappa shape index (κ2) is 42.4. The van der Waals surface area contributed by atoms with Crippen molar-refractivity contribution in [2.45, 2.75) is 331 Å². The van der Waals surface area contributed by atoms with Crippen LogP contribution in [0.1, 0.15) is 313 Å². The van der Waals surface area contributed by atoms with Gasteiger partial charge in [-0.2, -0.15) is 0 Å². The van der Waals surface area contributed by atoms with Crippen LogP contribution in [-0.2, 0) is 57.3 Å². The van der Waals surface area contributed by atoms with Gasteiger partial charge in [-0.15, -0.1) is 0 Å². The molecule has 11 unspecified atom stereocenters. The van der Waals surface area contributed by atoms with Crippen molar-refractivity contribution in [3.05, 3.63) is 0 Å². The van der Waals surface area contributed by atoms with Crippen molar-refractivity contribution in [2.75, 3.05) is 6.61 Å². The SMILES string of the molecule is C.C.C.C.C.C.C.C.CC.CC.CC.CCC(=O)C(C)(C)CC.CCC(C)(C)C(=O)CC1C2CC3C(=O)OC1C3C2.CCC(C)(C)C(=O)CC1CCC2CC1OC2=O.CCC(C)(C)C(=O)CC1CCOC1=O.O=C1OC2CC3CC(C2)CC1C3. The highest BCUT2D eigenvalue weighted by Crippen LogP contribution is 2.58. The molecule has 12 heteroatoms. The Morgan fingerprint density at radius 2 is 0.881 bits per heavy atom. The van der Waals surface area contributed by atoms with E-state index in [1.54, 1.807) is 0 Å². The summed E-state index contributed by atoms with van der Waals surface area (Å²) < 4.78 is 21.1. The molecule has 502 valence electrons. The maximum Gasteiger partial charge on any atom is 0.309 e. The van der Waals surface area contributed by atoms with E-state index < -0.39 is 0 Å². The zero-order valence-corrected chi connectivity index (χ0v) is 51.5. The number of rotatable bonds is 15. The van der Waals surface area contributed by atoms with Crippen LogP contribution in [0.4, 0.5) is 0 Å². The summed E-state index contributed by atoms with van der Waals surface area (Å²) in [6, 6.07) is 0. The van der Waals surface area contributed by atoms with E-state index in [9.17, 15) is 38.4 Å². The second-order valence-electron chi connectivity index (χ2n) is 25.2. The number of esters is 4. The lowest BCUT2D eigenvalue weighted by Crippen LogP contribution is -2.33. The average molecular weight is 1200 g/mol. The van der Waals surface area contributed by atoms with E-state index in [2.05, 4.69) is 6.92 Å². The highest BCUT2D eigenvalue weighted by atomic mass is 16.6. The molecule has 84 heavy (non-hydrogen) atoms. The normalized spacial score (nSPS) is 27.8. The van der Waals surface area contributed by atoms with Crippen LogP contribution in [0, 0.1) is 80.8 Å². The molecule has 5 heterocycles. The fraction of sp³-hybridized carbons (Fsp3) is 0.889. The number of ketones is 4. The van der Waals surface area contributed by atoms with Gasteiger partial charge in [0, 0.05) is 65.1 Å². The van der Waals surface area contributed by atoms with E-state index in [1.807, 2.05) is 125 Å². The number of hydrogen-bond acceptors (Lipinski definition) is 12. The molecule has 0 amide bonds. The van der Waals surface area contributed by atoms with Gasteiger partial charge in [0.25, 0.3) is 0 Å². The van der Waals surface area contributed by atoms with Crippen molar-refractivity contribution in [1.29, 1.82) is 0 Å². The molecule has 0 aromatic heterocycles. The van der Waals surface area contributed by atoms with Crippen LogP contribution in [0.15, 0.2) is 0 Å². The summed E-state index contributed by atoms with van der Waals surface area (Å²) in [4.78, 5) is 93.1. The van der Waals surface area contributed by atoms with Crippen LogP contribution in [0.25, 0.3) is 0 Å². The zero-order chi connectivity index (χ0) is 58.1. The molecule has 10 rings (SSSR count). The van der Waals surface area contributed by atoms with Crippen molar-refractivity contribution >= 4 is 47.0 Å². The number of cyclic esters (lactones) is 1. The lowest BCUT2D eigenvalue weighted by atomic mass is 9.68. The zero-order valence-electron chi connectivity index (χ0n) is 51.5. The highest BCUT2D eigenvalue weighted by molar-refractivity contribution is 5.89. The van der Waals surface area contributed by atoms with Crippen molar-refractivity contribution in [3.8, 4) is 0 Å². The van der Waals surface area contributed by atoms with Crippen molar-refractivity contribution in [3.63, 3.8) is 0 Å². The molecule has 5 saturated carbocycles. The Balaban J connectivity index is -0.000000171. The van der Waals surface area contributed by atoms with Gasteiger partial charge in [-0.3, -0.25) is 38.4 Å². The van der Waals surface area contributed by atoms with E-state index in [0.29, 0.717) is 73.8 Å². The number of Topliss-reactive ketones (excluding diaryl/α,β-unsaturated/α-hetero) is 4. The van der Waals surface area contributed by atoms with Gasteiger partial charge in [-0.1, -0.05) is 191 Å². The van der Waals surface area contributed by atoms with Gasteiger partial charge in [0.2, 0.25) is 0 Å². The van der Waals surface area contributed by atoms with Crippen molar-refractivity contribution in [1.82, 2.24) is 0 Å². The van der Waals surface area contributed by atoms with Crippen molar-refractivity contribution in [2.24, 2.45) is 80.8 Å². The fourth-order valence-corrected chi connectivity index (χ4v) is 12.2. The number of fused-ring (bicyclic) bond motifs is 4. The van der Waals surface area contributed by atoms with Gasteiger partial charge in [0.05, 0.1) is 30.3 Å². The number of ether oxygens (including phenoxy) is 4. The van der Waals surface area contributed by atoms with E-state index in [-0.39, 0.29) is 159 Å². The highest BCUT2D eigenvalue weighted by Gasteiger charge is 2.62. The lowest BCUT2D eigenvalue weighted by molar-refractivity contribution is -0.151. The Bertz CT molecular complexity index is 1900. The first-order valence-electron chi connectivity index (χ1n) is 30.6. The van der Waals surface area contributed by atoms with Crippen molar-refractivity contribution < 1.29 is 57.3 Å². The Morgan fingerprint density at radius 3 is 1.31 bits per heavy atom. The van der Waals surface area contributed by atoms with Gasteiger partial charge in [-0.25, -0.2) is 0 Å². The van der Waals surface area contributed by atoms with E-state index in [1.165, 1.54) is 6.42 Å². The number of carbonyl (C=O) groups excluding carboxylic acids is 8. The van der Waals surface area contributed by atoms with Crippen LogP contribution in [0.2, 0.25) is 0 Å². The third-order valence-electron chi connectivity index (χ3n) is 19.1. The predicted octanol–water partition coefficient (Wildman–Crippen LogP) is 19.6. The summed E-state index contributed by atoms with van der Waals surface area (Å²) >= 11 is 0. The first kappa shape index (κ1) is 94.2. The predicted molar refractivity (Wildman–Crippen MR) is 355 cm³/mol. The maximum atomic E-state index is 12.3. The summed E-state index contributed by atoms with van der Waals surface area (Å²) in [5.41, 5.74) is -0.860. The van der Waals surface area contributed by atoms with Gasteiger partial charge in [0.1, 0.15) is 41.4 Å². The first-order valence-corrected chi connectivity index (χ1v) is 30.6. The van der Waals surface area contributed by atoms with Crippen LogP contribution in [-0.4, -0.2) is 71.9 Å². The van der Waals surface area contributed by atoms with Gasteiger partial charge < -0.3 is 18.9 Å². The summed E-state index contributed by atoms with van der Waals surface area (Å²) in [6.07, 6.45) is 17.4. The first-order chi connectivity index (χ1) is 35.7. The summed E-state index contributed by atoms with van der Waals surface area (Å²) in [6.45, 7) is 38.4. The molecular weight excluding hydrogens is 1060 g/mol. The second-order valence-corrected chi connectivity index (χ2v) is 25.2. The molecule has 11 atom stereocenters. The van der Waals surface area contributed by atoms with E-state index in [0.717, 1.165) is 95.3 Å². The molecule has 0 radical (unpaired) electrons. The maximum absolute atomic E-state index is 12.3. The van der Waals surface area contributed by atoms with Crippen LogP contribution in [0.3, 0.4) is 0 Å². The Hall–Kier alpha value is -3.44. The topological polar surface area (TPSA) is 173 Å². The van der Waals surface area contributed by atoms with Crippen LogP contribution < -0.4 is 0 Å². The third kappa shape index (κ3) is 25.0. The summed E-state index contributed by atoms with van der Waals surface area (Å²) in [5, 5.41) is 0. The summed E-state index contributed by atoms with van der Waals surface area (Å²) in [5.74, 6) is 4.53. The molecule has 12 nitrogen and oxygen atoms in total. The molecule has 10 aliphatic rings. The molecule has 8 bridgehead atoms. The Morgan fingerprint density at radius 1 is 0.440 bits per heavy atom. The quantitative estimate of drug-likeness (QED) is 0.112. The van der Waals surface area contributed by atoms with E-state index in [4.69, 9.17) is 18.9 Å². The third-order valence-corrected chi connectivity index (χ3v) is 19.1. The number of carbonyl (C=O) groups is 8. The molecule has 0 N–H and O–H groups in total. The smallest absolute Gasteiger partial charge is 0.309 e. The molecule has 0 spiro atoms. The Kier molecular flexibility index (Phi) is 47.6. The molecule has 5 aliphatic heterocycles. The molecular formula is C72H142O12. The molecule has 5 aliphatic carbocycles. The van der Waals surface area contributed by atoms with Gasteiger partial charge in [-0.05, 0) is 114 Å². The van der Waals surface area contributed by atoms with Crippen LogP contribution in [0.5, 0.6) is 0 Å². The minimum atomic E-state index is -0.303. The summed E-state index contributed by atoms with van der Waals surface area (Å²) in [7, 11) is 0. The standard InChI is InChI=1S/C15H22O3.C14H22O3.C11H18O3.C10H14O2.C8H16O.3C2H6.8CH4/c1-4-15(2,3)12(16)7-9-8-5-10-11(6-8)14(17)18-13(9)10;1-4-14(2,3)12(15)8-9-5-6-10-7-11(9)17-13(10)16;1-4-11(2,3)9(12)7-8-5-6-14-10(8)13;11-10-8-2-6-1-7(3-8)5-9(4-6)12-10;1-5-7(9)8(3,4)6-2;3*1-2;;;;;;;;/h8-11,13H,4-7H2,1-3H3;9-11H,4-8H2,1-3H3;8H,4-7H2,1-3H3;6-9H,1-5H2;5-6H2,1-4H3;3*1-2H3;8*1H4. The molecule has 10 fully saturated rings. The largest absolute Gasteiger partial charge is 0.465 e. The lowest BCUT2D eigenvalue weighted by Gasteiger charge is -2.35. The molecule has 0 aromatic carbocycles. The molecule has 0 aromatic rings. The fourth-order valence-electron chi connectivity index (χ4n) is 12.2. The van der Waals surface area contributed by atoms with Gasteiger partial charge >= 0.3 is 23.9 Å². The average Bonchev–Trinajstić information content (AvgIpc) is 4.20. The minimum absolute atomic E-state index is 0. The van der Waals surface area contributed by atoms with E-state index >= 15 is 0 Å². The Labute approximate surface area is 520 Å². The number of hydrogen-bond donors (Lipinski definition) is 0. The minimum Gasteiger partial charge on any atom is -0.465 e. The monoisotopic (exact) mass is 1200 g/mol. The molecule has 5 saturated heterocycles.